The average Bonchev–Trinajstić information content (AvgIpc) is 3.13. The molecule has 1 fully saturated rings. The summed E-state index contributed by atoms with van der Waals surface area (Å²) in [5, 5.41) is 3.11. The van der Waals surface area contributed by atoms with Crippen molar-refractivity contribution in [3.8, 4) is 0 Å². The van der Waals surface area contributed by atoms with Gasteiger partial charge in [0.2, 0.25) is 5.91 Å². The van der Waals surface area contributed by atoms with Crippen molar-refractivity contribution in [1.29, 1.82) is 0 Å². The molecule has 1 saturated carbocycles. The minimum atomic E-state index is -0.226. The van der Waals surface area contributed by atoms with Crippen molar-refractivity contribution in [3.05, 3.63) is 35.6 Å². The van der Waals surface area contributed by atoms with Gasteiger partial charge in [-0.25, -0.2) is 4.39 Å². The molecular formula is C14H18FNOS. The summed E-state index contributed by atoms with van der Waals surface area (Å²) in [5.74, 6) is -0.119. The second kappa shape index (κ2) is 5.74. The Balaban J connectivity index is 1.87. The number of benzene rings is 1. The van der Waals surface area contributed by atoms with E-state index in [0.29, 0.717) is 6.04 Å². The second-order valence-corrected chi connectivity index (χ2v) is 6.44. The van der Waals surface area contributed by atoms with Crippen LogP contribution in [-0.2, 0) is 4.79 Å². The fourth-order valence-electron chi connectivity index (χ4n) is 1.73. The summed E-state index contributed by atoms with van der Waals surface area (Å²) in [7, 11) is 0. The monoisotopic (exact) mass is 267 g/mol. The molecular weight excluding hydrogens is 249 g/mol. The predicted molar refractivity (Wildman–Crippen MR) is 73.0 cm³/mol. The van der Waals surface area contributed by atoms with Crippen LogP contribution in [0.2, 0.25) is 0 Å². The number of carbonyl (C=O) groups is 1. The lowest BCUT2D eigenvalue weighted by Gasteiger charge is -2.17. The molecule has 4 heteroatoms. The third-order valence-corrected chi connectivity index (χ3v) is 4.34. The van der Waals surface area contributed by atoms with Gasteiger partial charge in [0.1, 0.15) is 5.82 Å². The van der Waals surface area contributed by atoms with E-state index in [2.05, 4.69) is 5.32 Å². The van der Waals surface area contributed by atoms with E-state index in [-0.39, 0.29) is 22.2 Å². The fourth-order valence-corrected chi connectivity index (χ4v) is 2.84. The van der Waals surface area contributed by atoms with E-state index in [1.807, 2.05) is 13.8 Å². The Kier molecular flexibility index (Phi) is 4.27. The Labute approximate surface area is 111 Å². The zero-order chi connectivity index (χ0) is 13.1. The molecule has 0 radical (unpaired) electrons. The third kappa shape index (κ3) is 3.73. The molecule has 1 aromatic carbocycles. The summed E-state index contributed by atoms with van der Waals surface area (Å²) >= 11 is 1.60. The zero-order valence-electron chi connectivity index (χ0n) is 10.7. The van der Waals surface area contributed by atoms with Gasteiger partial charge in [0.05, 0.1) is 5.25 Å². The van der Waals surface area contributed by atoms with E-state index in [4.69, 9.17) is 0 Å². The molecule has 0 heterocycles. The number of carbonyl (C=O) groups excluding carboxylic acids is 1. The van der Waals surface area contributed by atoms with Crippen molar-refractivity contribution in [2.45, 2.75) is 43.2 Å². The Morgan fingerprint density at radius 1 is 1.33 bits per heavy atom. The van der Waals surface area contributed by atoms with E-state index in [0.717, 1.165) is 18.4 Å². The molecule has 1 aliphatic carbocycles. The molecule has 1 amide bonds. The van der Waals surface area contributed by atoms with Gasteiger partial charge in [-0.3, -0.25) is 4.79 Å². The zero-order valence-corrected chi connectivity index (χ0v) is 11.5. The molecule has 18 heavy (non-hydrogen) atoms. The standard InChI is InChI=1S/C14H18FNOS/c1-9(11-3-5-12(15)6-4-11)18-10(2)14(17)16-13-7-8-13/h3-6,9-10,13H,7-8H2,1-2H3,(H,16,17). The average molecular weight is 267 g/mol. The van der Waals surface area contributed by atoms with E-state index in [1.54, 1.807) is 23.9 Å². The second-order valence-electron chi connectivity index (χ2n) is 4.75. The van der Waals surface area contributed by atoms with Crippen molar-refractivity contribution in [1.82, 2.24) is 5.32 Å². The summed E-state index contributed by atoms with van der Waals surface area (Å²) in [4.78, 5) is 11.8. The van der Waals surface area contributed by atoms with Gasteiger partial charge in [-0.05, 0) is 44.4 Å². The molecule has 2 atom stereocenters. The van der Waals surface area contributed by atoms with Crippen molar-refractivity contribution in [2.24, 2.45) is 0 Å². The van der Waals surface area contributed by atoms with Gasteiger partial charge in [0.25, 0.3) is 0 Å². The Morgan fingerprint density at radius 3 is 2.50 bits per heavy atom. The van der Waals surface area contributed by atoms with Crippen LogP contribution in [0.3, 0.4) is 0 Å². The maximum absolute atomic E-state index is 12.8. The largest absolute Gasteiger partial charge is 0.352 e. The fraction of sp³-hybridized carbons (Fsp3) is 0.500. The lowest BCUT2D eigenvalue weighted by Crippen LogP contribution is -2.32. The highest BCUT2D eigenvalue weighted by molar-refractivity contribution is 8.00. The van der Waals surface area contributed by atoms with Crippen LogP contribution in [0.1, 0.15) is 37.5 Å². The Hall–Kier alpha value is -1.03. The first-order valence-electron chi connectivity index (χ1n) is 6.27. The van der Waals surface area contributed by atoms with Gasteiger partial charge >= 0.3 is 0 Å². The van der Waals surface area contributed by atoms with Crippen molar-refractivity contribution in [3.63, 3.8) is 0 Å². The molecule has 0 bridgehead atoms. The molecule has 0 aliphatic heterocycles. The van der Waals surface area contributed by atoms with Gasteiger partial charge in [-0.15, -0.1) is 11.8 Å². The van der Waals surface area contributed by atoms with E-state index in [9.17, 15) is 9.18 Å². The maximum atomic E-state index is 12.8. The van der Waals surface area contributed by atoms with Crippen LogP contribution in [0, 0.1) is 5.82 Å². The van der Waals surface area contributed by atoms with E-state index < -0.39 is 0 Å². The van der Waals surface area contributed by atoms with Crippen molar-refractivity contribution >= 4 is 17.7 Å². The third-order valence-electron chi connectivity index (χ3n) is 3.04. The van der Waals surface area contributed by atoms with E-state index >= 15 is 0 Å². The first-order chi connectivity index (χ1) is 8.56. The van der Waals surface area contributed by atoms with Crippen molar-refractivity contribution in [2.75, 3.05) is 0 Å². The summed E-state index contributed by atoms with van der Waals surface area (Å²) in [6, 6.07) is 6.88. The minimum absolute atomic E-state index is 0.0781. The highest BCUT2D eigenvalue weighted by Crippen LogP contribution is 2.32. The number of nitrogens with one attached hydrogen (secondary N) is 1. The van der Waals surface area contributed by atoms with Crippen LogP contribution >= 0.6 is 11.8 Å². The molecule has 0 aromatic heterocycles. The van der Waals surface area contributed by atoms with Crippen LogP contribution in [0.15, 0.2) is 24.3 Å². The molecule has 2 unspecified atom stereocenters. The highest BCUT2D eigenvalue weighted by atomic mass is 32.2. The molecule has 1 aromatic rings. The molecule has 0 spiro atoms. The molecule has 1 aliphatic rings. The summed E-state index contributed by atoms with van der Waals surface area (Å²) in [5.41, 5.74) is 1.05. The molecule has 98 valence electrons. The van der Waals surface area contributed by atoms with Crippen molar-refractivity contribution < 1.29 is 9.18 Å². The highest BCUT2D eigenvalue weighted by Gasteiger charge is 2.26. The number of thioether (sulfide) groups is 1. The summed E-state index contributed by atoms with van der Waals surface area (Å²) in [6.07, 6.45) is 2.22. The predicted octanol–water partition coefficient (Wildman–Crippen LogP) is 3.29. The topological polar surface area (TPSA) is 29.1 Å². The number of hydrogen-bond acceptors (Lipinski definition) is 2. The summed E-state index contributed by atoms with van der Waals surface area (Å²) in [6.45, 7) is 3.96. The smallest absolute Gasteiger partial charge is 0.233 e. The lowest BCUT2D eigenvalue weighted by atomic mass is 10.2. The number of hydrogen-bond donors (Lipinski definition) is 1. The van der Waals surface area contributed by atoms with E-state index in [1.165, 1.54) is 12.1 Å². The maximum Gasteiger partial charge on any atom is 0.233 e. The summed E-state index contributed by atoms with van der Waals surface area (Å²) < 4.78 is 12.8. The first-order valence-corrected chi connectivity index (χ1v) is 7.22. The van der Waals surface area contributed by atoms with Crippen LogP contribution in [-0.4, -0.2) is 17.2 Å². The molecule has 2 rings (SSSR count). The van der Waals surface area contributed by atoms with Gasteiger partial charge in [0, 0.05) is 11.3 Å². The normalized spacial score (nSPS) is 18.2. The van der Waals surface area contributed by atoms with Gasteiger partial charge < -0.3 is 5.32 Å². The number of halogens is 1. The van der Waals surface area contributed by atoms with Crippen LogP contribution in [0.5, 0.6) is 0 Å². The van der Waals surface area contributed by atoms with Crippen LogP contribution in [0.25, 0.3) is 0 Å². The Morgan fingerprint density at radius 2 is 1.94 bits per heavy atom. The van der Waals surface area contributed by atoms with Crippen LogP contribution < -0.4 is 5.32 Å². The molecule has 1 N–H and O–H groups in total. The SMILES string of the molecule is CC(SC(C)c1ccc(F)cc1)C(=O)NC1CC1. The van der Waals surface area contributed by atoms with Gasteiger partial charge in [0.15, 0.2) is 0 Å². The quantitative estimate of drug-likeness (QED) is 0.887. The molecule has 0 saturated heterocycles. The van der Waals surface area contributed by atoms with Gasteiger partial charge in [-0.1, -0.05) is 12.1 Å². The van der Waals surface area contributed by atoms with Gasteiger partial charge in [-0.2, -0.15) is 0 Å². The van der Waals surface area contributed by atoms with Crippen LogP contribution in [0.4, 0.5) is 4.39 Å². The Bertz CT molecular complexity index is 416. The first kappa shape index (κ1) is 13.4. The minimum Gasteiger partial charge on any atom is -0.352 e. The lowest BCUT2D eigenvalue weighted by molar-refractivity contribution is -0.120. The number of amides is 1. The number of rotatable bonds is 5. The molecule has 2 nitrogen and oxygen atoms in total.